The van der Waals surface area contributed by atoms with E-state index in [4.69, 9.17) is 37.8 Å². The molecule has 0 amide bonds. The summed E-state index contributed by atoms with van der Waals surface area (Å²) in [7, 11) is 0. The highest BCUT2D eigenvalue weighted by Gasteiger charge is 2.52. The Hall–Kier alpha value is -1.64. The fourth-order valence-corrected chi connectivity index (χ4v) is 3.49. The molecule has 1 N–H and O–H groups in total. The molecule has 1 aliphatic heterocycles. The van der Waals surface area contributed by atoms with E-state index in [2.05, 4.69) is 0 Å². The molecule has 4 nitrogen and oxygen atoms in total. The number of ether oxygens (including phenoxy) is 2. The maximum atomic E-state index is 13.1. The van der Waals surface area contributed by atoms with Gasteiger partial charge in [0, 0.05) is 6.07 Å². The molecular formula is C15H9Cl2F3O4S. The summed E-state index contributed by atoms with van der Waals surface area (Å²) in [6, 6.07) is 4.14. The van der Waals surface area contributed by atoms with Crippen molar-refractivity contribution < 1.29 is 32.5 Å². The third-order valence-electron chi connectivity index (χ3n) is 3.62. The lowest BCUT2D eigenvalue weighted by Crippen LogP contribution is -2.47. The Morgan fingerprint density at radius 3 is 2.60 bits per heavy atom. The monoisotopic (exact) mass is 412 g/mol. The largest absolute Gasteiger partial charge is 0.481 e. The summed E-state index contributed by atoms with van der Waals surface area (Å²) in [6.45, 7) is 0. The summed E-state index contributed by atoms with van der Waals surface area (Å²) in [4.78, 5) is 11.2. The number of rotatable bonds is 3. The van der Waals surface area contributed by atoms with Gasteiger partial charge in [0.15, 0.2) is 5.75 Å². The molecular weight excluding hydrogens is 404 g/mol. The molecule has 0 saturated heterocycles. The van der Waals surface area contributed by atoms with Gasteiger partial charge in [0.25, 0.3) is 0 Å². The first-order valence-corrected chi connectivity index (χ1v) is 8.50. The zero-order valence-corrected chi connectivity index (χ0v) is 14.5. The first-order chi connectivity index (χ1) is 11.7. The van der Waals surface area contributed by atoms with Gasteiger partial charge in [-0.3, -0.25) is 4.79 Å². The van der Waals surface area contributed by atoms with Crippen molar-refractivity contribution in [3.05, 3.63) is 38.5 Å². The number of halogens is 5. The fraction of sp³-hybridized carbons (Fsp3) is 0.267. The van der Waals surface area contributed by atoms with E-state index in [0.29, 0.717) is 10.1 Å². The predicted molar refractivity (Wildman–Crippen MR) is 86.2 cm³/mol. The van der Waals surface area contributed by atoms with E-state index in [1.807, 2.05) is 0 Å². The Bertz CT molecular complexity index is 822. The molecule has 2 unspecified atom stereocenters. The van der Waals surface area contributed by atoms with Gasteiger partial charge in [0.05, 0.1) is 5.02 Å². The quantitative estimate of drug-likeness (QED) is 0.731. The van der Waals surface area contributed by atoms with E-state index in [1.165, 1.54) is 23.5 Å². The van der Waals surface area contributed by atoms with Crippen LogP contribution in [0.5, 0.6) is 17.2 Å². The Balaban J connectivity index is 1.97. The maximum Gasteiger partial charge on any atom is 0.426 e. The molecule has 2 atom stereocenters. The van der Waals surface area contributed by atoms with E-state index in [-0.39, 0.29) is 28.5 Å². The minimum atomic E-state index is -4.82. The van der Waals surface area contributed by atoms with Gasteiger partial charge >= 0.3 is 12.1 Å². The molecule has 10 heteroatoms. The Morgan fingerprint density at radius 1 is 1.32 bits per heavy atom. The normalized spacial score (nSPS) is 19.9. The van der Waals surface area contributed by atoms with Crippen molar-refractivity contribution in [1.29, 1.82) is 0 Å². The maximum absolute atomic E-state index is 13.1. The number of fused-ring (bicyclic) bond motifs is 1. The Kier molecular flexibility index (Phi) is 4.78. The first kappa shape index (κ1) is 18.2. The fourth-order valence-electron chi connectivity index (χ4n) is 2.47. The highest BCUT2D eigenvalue weighted by atomic mass is 35.5. The van der Waals surface area contributed by atoms with Crippen molar-refractivity contribution in [2.24, 2.45) is 5.92 Å². The standard InChI is InChI=1S/C15H9Cl2F3O4S/c16-8-4-6-3-7(14(21)22)12(15(18,19)20)24-10(6)5-11(8)23-9-1-2-25-13(9)17/h1-2,4-5,7,12H,3H2,(H,21,22). The molecule has 0 saturated carbocycles. The van der Waals surface area contributed by atoms with Crippen molar-refractivity contribution in [1.82, 2.24) is 0 Å². The number of aliphatic carboxylic acids is 1. The van der Waals surface area contributed by atoms with Crippen LogP contribution < -0.4 is 9.47 Å². The average Bonchev–Trinajstić information content (AvgIpc) is 2.91. The number of thiophene rings is 1. The summed E-state index contributed by atoms with van der Waals surface area (Å²) in [5, 5.41) is 10.9. The second-order valence-corrected chi connectivity index (χ2v) is 7.21. The van der Waals surface area contributed by atoms with Crippen LogP contribution in [0.15, 0.2) is 23.6 Å². The van der Waals surface area contributed by atoms with Crippen LogP contribution in [0.2, 0.25) is 9.36 Å². The molecule has 134 valence electrons. The molecule has 1 aromatic heterocycles. The van der Waals surface area contributed by atoms with Crippen LogP contribution in [-0.2, 0) is 11.2 Å². The van der Waals surface area contributed by atoms with Crippen LogP contribution >= 0.6 is 34.5 Å². The molecule has 2 heterocycles. The van der Waals surface area contributed by atoms with Gasteiger partial charge in [0.2, 0.25) is 6.10 Å². The van der Waals surface area contributed by atoms with Crippen molar-refractivity contribution >= 4 is 40.5 Å². The second kappa shape index (κ2) is 6.59. The van der Waals surface area contributed by atoms with Crippen LogP contribution in [0, 0.1) is 5.92 Å². The number of hydrogen-bond donors (Lipinski definition) is 1. The van der Waals surface area contributed by atoms with E-state index in [0.717, 1.165) is 0 Å². The molecule has 0 spiro atoms. The summed E-state index contributed by atoms with van der Waals surface area (Å²) < 4.78 is 50.2. The molecule has 0 aliphatic carbocycles. The second-order valence-electron chi connectivity index (χ2n) is 5.28. The van der Waals surface area contributed by atoms with E-state index in [1.54, 1.807) is 11.4 Å². The minimum Gasteiger partial charge on any atom is -0.481 e. The third-order valence-corrected chi connectivity index (χ3v) is 5.05. The molecule has 3 rings (SSSR count). The van der Waals surface area contributed by atoms with Crippen molar-refractivity contribution in [3.63, 3.8) is 0 Å². The number of carboxylic acids is 1. The van der Waals surface area contributed by atoms with Crippen molar-refractivity contribution in [2.75, 3.05) is 0 Å². The van der Waals surface area contributed by atoms with E-state index >= 15 is 0 Å². The SMILES string of the molecule is O=C(O)C1Cc2cc(Cl)c(Oc3ccsc3Cl)cc2OC1C(F)(F)F. The molecule has 25 heavy (non-hydrogen) atoms. The lowest BCUT2D eigenvalue weighted by molar-refractivity contribution is -0.217. The smallest absolute Gasteiger partial charge is 0.426 e. The zero-order chi connectivity index (χ0) is 18.4. The van der Waals surface area contributed by atoms with Crippen LogP contribution in [0.25, 0.3) is 0 Å². The lowest BCUT2D eigenvalue weighted by Gasteiger charge is -2.32. The van der Waals surface area contributed by atoms with E-state index in [9.17, 15) is 18.0 Å². The predicted octanol–water partition coefficient (Wildman–Crippen LogP) is 5.41. The number of carbonyl (C=O) groups is 1. The molecule has 0 fully saturated rings. The average molecular weight is 413 g/mol. The summed E-state index contributed by atoms with van der Waals surface area (Å²) >= 11 is 13.2. The molecule has 2 aromatic rings. The van der Waals surface area contributed by atoms with Crippen molar-refractivity contribution in [3.8, 4) is 17.2 Å². The molecule has 1 aliphatic rings. The van der Waals surface area contributed by atoms with Gasteiger partial charge in [-0.15, -0.1) is 11.3 Å². The van der Waals surface area contributed by atoms with Gasteiger partial charge in [-0.2, -0.15) is 13.2 Å². The highest BCUT2D eigenvalue weighted by Crippen LogP contribution is 2.44. The number of hydrogen-bond acceptors (Lipinski definition) is 4. The molecule has 1 aromatic carbocycles. The van der Waals surface area contributed by atoms with Gasteiger partial charge in [-0.05, 0) is 29.5 Å². The number of benzene rings is 1. The zero-order valence-electron chi connectivity index (χ0n) is 12.1. The van der Waals surface area contributed by atoms with Crippen LogP contribution in [0.3, 0.4) is 0 Å². The molecule has 0 bridgehead atoms. The topological polar surface area (TPSA) is 55.8 Å². The summed E-state index contributed by atoms with van der Waals surface area (Å²) in [5.74, 6) is -3.09. The third kappa shape index (κ3) is 3.65. The number of carboxylic acid groups (broad SMARTS) is 1. The first-order valence-electron chi connectivity index (χ1n) is 6.86. The van der Waals surface area contributed by atoms with Gasteiger partial charge in [-0.25, -0.2) is 0 Å². The summed E-state index contributed by atoms with van der Waals surface area (Å²) in [5.41, 5.74) is 0.265. The number of alkyl halides is 3. The highest BCUT2D eigenvalue weighted by molar-refractivity contribution is 7.14. The van der Waals surface area contributed by atoms with Crippen LogP contribution in [0.4, 0.5) is 13.2 Å². The lowest BCUT2D eigenvalue weighted by atomic mass is 9.90. The van der Waals surface area contributed by atoms with Crippen LogP contribution in [-0.4, -0.2) is 23.4 Å². The van der Waals surface area contributed by atoms with Crippen molar-refractivity contribution in [2.45, 2.75) is 18.7 Å². The van der Waals surface area contributed by atoms with Gasteiger partial charge in [0.1, 0.15) is 21.8 Å². The van der Waals surface area contributed by atoms with Gasteiger partial charge in [-0.1, -0.05) is 23.2 Å². The Labute approximate surface area is 153 Å². The summed E-state index contributed by atoms with van der Waals surface area (Å²) in [6.07, 6.45) is -7.62. The minimum absolute atomic E-state index is 0.0652. The van der Waals surface area contributed by atoms with Gasteiger partial charge < -0.3 is 14.6 Å². The van der Waals surface area contributed by atoms with Crippen LogP contribution in [0.1, 0.15) is 5.56 Å². The Morgan fingerprint density at radius 2 is 2.04 bits per heavy atom. The van der Waals surface area contributed by atoms with E-state index < -0.39 is 24.2 Å². The molecule has 0 radical (unpaired) electrons.